The Morgan fingerprint density at radius 1 is 0.481 bits per heavy atom. The zero-order chi connectivity index (χ0) is 34.6. The largest absolute Gasteiger partial charge is 0.354 e. The highest BCUT2D eigenvalue weighted by Crippen LogP contribution is 2.51. The summed E-state index contributed by atoms with van der Waals surface area (Å²) in [7, 11) is 0. The molecule has 3 heteroatoms. The second kappa shape index (κ2) is 10.9. The Hall–Kier alpha value is -6.16. The third kappa shape index (κ3) is 4.17. The van der Waals surface area contributed by atoms with Gasteiger partial charge in [-0.3, -0.25) is 0 Å². The number of nitrogens with zero attached hydrogens (tertiary/aromatic N) is 1. The molecule has 0 amide bonds. The summed E-state index contributed by atoms with van der Waals surface area (Å²) in [4.78, 5) is 6.36. The Morgan fingerprint density at radius 2 is 1.12 bits per heavy atom. The molecule has 2 aromatic heterocycles. The fourth-order valence-corrected chi connectivity index (χ4v) is 10.2. The second-order valence-electron chi connectivity index (χ2n) is 14.6. The van der Waals surface area contributed by atoms with Gasteiger partial charge >= 0.3 is 0 Å². The molecule has 0 spiro atoms. The Bertz CT molecular complexity index is 3040. The van der Waals surface area contributed by atoms with Gasteiger partial charge in [0.1, 0.15) is 0 Å². The minimum atomic E-state index is -0.0947. The van der Waals surface area contributed by atoms with E-state index in [1.54, 1.807) is 0 Å². The Labute approximate surface area is 306 Å². The van der Waals surface area contributed by atoms with Gasteiger partial charge in [-0.15, -0.1) is 11.3 Å². The van der Waals surface area contributed by atoms with Gasteiger partial charge in [0.2, 0.25) is 0 Å². The van der Waals surface area contributed by atoms with E-state index in [1.165, 1.54) is 80.6 Å². The van der Waals surface area contributed by atoms with E-state index in [0.717, 1.165) is 22.6 Å². The average molecular weight is 683 g/mol. The van der Waals surface area contributed by atoms with Crippen LogP contribution in [-0.4, -0.2) is 4.98 Å². The lowest BCUT2D eigenvalue weighted by molar-refractivity contribution is 0.660. The first kappa shape index (κ1) is 29.6. The molecule has 246 valence electrons. The number of rotatable bonds is 4. The molecule has 0 unspecified atom stereocenters. The number of aromatic amines is 1. The molecule has 2 heterocycles. The zero-order valence-electron chi connectivity index (χ0n) is 28.9. The van der Waals surface area contributed by atoms with Gasteiger partial charge in [-0.1, -0.05) is 135 Å². The highest BCUT2D eigenvalue weighted by atomic mass is 32.1. The summed E-state index contributed by atoms with van der Waals surface area (Å²) >= 11 is 1.90. The van der Waals surface area contributed by atoms with Gasteiger partial charge in [-0.2, -0.15) is 0 Å². The standard InChI is InChI=1S/C49H34N2S/c1-49(2)41-18-10-8-14-35(41)36-26-24-33(28-42(36)49)51(32-22-20-31(21-23-32)30-12-4-3-5-13-30)34-25-27-39-43(29-34)50-47-38-16-7-6-15-37(38)45-40-17-9-11-19-44(40)52-48(45)46(39)47/h3-29,50H,1-2H3. The number of H-pyrrole nitrogens is 1. The quantitative estimate of drug-likeness (QED) is 0.196. The number of aromatic nitrogens is 1. The third-order valence-electron chi connectivity index (χ3n) is 11.4. The van der Waals surface area contributed by atoms with Crippen molar-refractivity contribution in [2.45, 2.75) is 19.3 Å². The Kier molecular flexibility index (Phi) is 6.21. The molecule has 1 N–H and O–H groups in total. The molecule has 0 radical (unpaired) electrons. The van der Waals surface area contributed by atoms with Crippen LogP contribution in [0.2, 0.25) is 0 Å². The number of anilines is 3. The van der Waals surface area contributed by atoms with E-state index in [2.05, 4.69) is 188 Å². The van der Waals surface area contributed by atoms with Gasteiger partial charge < -0.3 is 9.88 Å². The van der Waals surface area contributed by atoms with Gasteiger partial charge in [-0.25, -0.2) is 0 Å². The summed E-state index contributed by atoms with van der Waals surface area (Å²) in [6, 6.07) is 60.3. The third-order valence-corrected chi connectivity index (χ3v) is 12.6. The molecule has 10 aromatic rings. The summed E-state index contributed by atoms with van der Waals surface area (Å²) in [6.07, 6.45) is 0. The lowest BCUT2D eigenvalue weighted by Crippen LogP contribution is -2.16. The molecule has 1 aliphatic rings. The van der Waals surface area contributed by atoms with Crippen LogP contribution in [0.1, 0.15) is 25.0 Å². The Morgan fingerprint density at radius 3 is 1.96 bits per heavy atom. The maximum atomic E-state index is 3.93. The lowest BCUT2D eigenvalue weighted by atomic mass is 9.82. The number of hydrogen-bond acceptors (Lipinski definition) is 2. The number of fused-ring (bicyclic) bond motifs is 13. The summed E-state index contributed by atoms with van der Waals surface area (Å²) in [5.74, 6) is 0. The first-order valence-corrected chi connectivity index (χ1v) is 18.8. The molecule has 0 saturated carbocycles. The molecule has 2 nitrogen and oxygen atoms in total. The van der Waals surface area contributed by atoms with Crippen molar-refractivity contribution >= 4 is 81.1 Å². The highest BCUT2D eigenvalue weighted by molar-refractivity contribution is 7.27. The number of hydrogen-bond donors (Lipinski definition) is 1. The van der Waals surface area contributed by atoms with Crippen LogP contribution < -0.4 is 4.90 Å². The molecular formula is C49H34N2S. The Balaban J connectivity index is 1.14. The maximum absolute atomic E-state index is 3.93. The van der Waals surface area contributed by atoms with Crippen molar-refractivity contribution in [1.82, 2.24) is 4.98 Å². The van der Waals surface area contributed by atoms with Gasteiger partial charge in [0.05, 0.1) is 5.52 Å². The van der Waals surface area contributed by atoms with Crippen molar-refractivity contribution in [3.63, 3.8) is 0 Å². The molecule has 11 rings (SSSR count). The predicted molar refractivity (Wildman–Crippen MR) is 224 cm³/mol. The topological polar surface area (TPSA) is 19.0 Å². The first-order valence-electron chi connectivity index (χ1n) is 18.0. The fraction of sp³-hybridized carbons (Fsp3) is 0.0612. The van der Waals surface area contributed by atoms with E-state index in [9.17, 15) is 0 Å². The van der Waals surface area contributed by atoms with E-state index in [4.69, 9.17) is 0 Å². The van der Waals surface area contributed by atoms with Crippen LogP contribution >= 0.6 is 11.3 Å². The van der Waals surface area contributed by atoms with Crippen LogP contribution in [0.25, 0.3) is 75.0 Å². The van der Waals surface area contributed by atoms with Crippen molar-refractivity contribution in [2.24, 2.45) is 0 Å². The summed E-state index contributed by atoms with van der Waals surface area (Å²) in [5, 5.41) is 7.82. The van der Waals surface area contributed by atoms with Gasteiger partial charge in [-0.05, 0) is 81.2 Å². The summed E-state index contributed by atoms with van der Waals surface area (Å²) < 4.78 is 2.68. The average Bonchev–Trinajstić information content (AvgIpc) is 3.84. The van der Waals surface area contributed by atoms with Crippen LogP contribution in [0.15, 0.2) is 164 Å². The van der Waals surface area contributed by atoms with Crippen molar-refractivity contribution in [1.29, 1.82) is 0 Å². The molecule has 0 aliphatic heterocycles. The fourth-order valence-electron chi connectivity index (χ4n) is 8.88. The van der Waals surface area contributed by atoms with Crippen LogP contribution in [-0.2, 0) is 5.41 Å². The van der Waals surface area contributed by atoms with Crippen molar-refractivity contribution in [2.75, 3.05) is 4.90 Å². The SMILES string of the molecule is CC1(C)c2ccccc2-c2ccc(N(c3ccc(-c4ccccc4)cc3)c3ccc4c(c3)[nH]c3c5ccccc5c5c6ccccc6sc5c43)cc21. The van der Waals surface area contributed by atoms with Crippen molar-refractivity contribution < 1.29 is 0 Å². The molecule has 52 heavy (non-hydrogen) atoms. The number of nitrogens with one attached hydrogen (secondary N) is 1. The maximum Gasteiger partial charge on any atom is 0.0559 e. The molecule has 0 fully saturated rings. The molecule has 0 saturated heterocycles. The predicted octanol–water partition coefficient (Wildman–Crippen LogP) is 14.3. The smallest absolute Gasteiger partial charge is 0.0559 e. The minimum Gasteiger partial charge on any atom is -0.354 e. The lowest BCUT2D eigenvalue weighted by Gasteiger charge is -2.28. The molecule has 0 bridgehead atoms. The zero-order valence-corrected chi connectivity index (χ0v) is 29.8. The normalized spacial score (nSPS) is 13.3. The van der Waals surface area contributed by atoms with Gasteiger partial charge in [0.25, 0.3) is 0 Å². The van der Waals surface area contributed by atoms with E-state index >= 15 is 0 Å². The van der Waals surface area contributed by atoms with Crippen LogP contribution in [0.3, 0.4) is 0 Å². The highest BCUT2D eigenvalue weighted by Gasteiger charge is 2.35. The van der Waals surface area contributed by atoms with Crippen LogP contribution in [0.5, 0.6) is 0 Å². The van der Waals surface area contributed by atoms with Crippen LogP contribution in [0.4, 0.5) is 17.1 Å². The minimum absolute atomic E-state index is 0.0947. The summed E-state index contributed by atoms with van der Waals surface area (Å²) in [5.41, 5.74) is 13.5. The number of benzene rings is 8. The van der Waals surface area contributed by atoms with E-state index < -0.39 is 0 Å². The van der Waals surface area contributed by atoms with Crippen LogP contribution in [0, 0.1) is 0 Å². The molecule has 0 atom stereocenters. The monoisotopic (exact) mass is 682 g/mol. The van der Waals surface area contributed by atoms with E-state index in [0.29, 0.717) is 0 Å². The molecule has 1 aliphatic carbocycles. The molecule has 8 aromatic carbocycles. The second-order valence-corrected chi connectivity index (χ2v) is 15.7. The first-order chi connectivity index (χ1) is 25.5. The van der Waals surface area contributed by atoms with Crippen molar-refractivity contribution in [3.05, 3.63) is 175 Å². The van der Waals surface area contributed by atoms with E-state index in [-0.39, 0.29) is 5.41 Å². The van der Waals surface area contributed by atoms with Gasteiger partial charge in [0.15, 0.2) is 0 Å². The van der Waals surface area contributed by atoms with Gasteiger partial charge in [0, 0.05) is 64.3 Å². The summed E-state index contributed by atoms with van der Waals surface area (Å²) in [6.45, 7) is 4.71. The van der Waals surface area contributed by atoms with E-state index in [1.807, 2.05) is 11.3 Å². The van der Waals surface area contributed by atoms with Crippen molar-refractivity contribution in [3.8, 4) is 22.3 Å². The molecular weight excluding hydrogens is 649 g/mol. The number of thiophene rings is 1.